The van der Waals surface area contributed by atoms with Crippen LogP contribution in [0.1, 0.15) is 26.3 Å². The van der Waals surface area contributed by atoms with E-state index < -0.39 is 0 Å². The van der Waals surface area contributed by atoms with Crippen LogP contribution in [-0.4, -0.2) is 55.1 Å². The van der Waals surface area contributed by atoms with Crippen molar-refractivity contribution in [1.82, 2.24) is 10.2 Å². The Bertz CT molecular complexity index is 1330. The molecule has 1 aliphatic heterocycles. The smallest absolute Gasteiger partial charge is 0.261 e. The fourth-order valence-electron chi connectivity index (χ4n) is 4.27. The number of methoxy groups -OCH3 is 1. The number of carbonyl (C=O) groups is 2. The number of aryl methyl sites for hydroxylation is 1. The Hall–Kier alpha value is -3.14. The van der Waals surface area contributed by atoms with Gasteiger partial charge in [-0.1, -0.05) is 39.7 Å². The number of nitrogens with zero attached hydrogens (tertiary/aromatic N) is 2. The number of amides is 2. The molecule has 0 radical (unpaired) electrons. The van der Waals surface area contributed by atoms with Gasteiger partial charge >= 0.3 is 0 Å². The number of benzene rings is 3. The first-order chi connectivity index (χ1) is 17.8. The summed E-state index contributed by atoms with van der Waals surface area (Å²) in [5, 5.41) is 6.68. The monoisotopic (exact) mass is 600 g/mol. The summed E-state index contributed by atoms with van der Waals surface area (Å²) in [6.07, 6.45) is 0. The van der Waals surface area contributed by atoms with Gasteiger partial charge in [0.15, 0.2) is 5.11 Å². The van der Waals surface area contributed by atoms with E-state index in [0.717, 1.165) is 21.4 Å². The summed E-state index contributed by atoms with van der Waals surface area (Å²) < 4.78 is 6.20. The van der Waals surface area contributed by atoms with E-state index >= 15 is 0 Å². The molecule has 7 nitrogen and oxygen atoms in total. The maximum absolute atomic E-state index is 13.0. The number of piperazine rings is 1. The van der Waals surface area contributed by atoms with Crippen molar-refractivity contribution in [2.24, 2.45) is 0 Å². The molecule has 1 aliphatic rings. The van der Waals surface area contributed by atoms with Crippen molar-refractivity contribution in [1.29, 1.82) is 0 Å². The Morgan fingerprint density at radius 3 is 2.38 bits per heavy atom. The van der Waals surface area contributed by atoms with Gasteiger partial charge in [0.25, 0.3) is 11.8 Å². The Morgan fingerprint density at radius 2 is 1.70 bits per heavy atom. The molecule has 3 aromatic carbocycles. The molecule has 1 heterocycles. The molecule has 4 rings (SSSR count). The van der Waals surface area contributed by atoms with Gasteiger partial charge in [-0.2, -0.15) is 0 Å². The lowest BCUT2D eigenvalue weighted by Crippen LogP contribution is -2.49. The van der Waals surface area contributed by atoms with Crippen LogP contribution in [0.2, 0.25) is 5.02 Å². The van der Waals surface area contributed by atoms with Crippen molar-refractivity contribution in [2.45, 2.75) is 6.92 Å². The molecule has 10 heteroatoms. The first-order valence-corrected chi connectivity index (χ1v) is 13.2. The van der Waals surface area contributed by atoms with Gasteiger partial charge in [0.1, 0.15) is 5.75 Å². The van der Waals surface area contributed by atoms with E-state index in [1.54, 1.807) is 30.3 Å². The van der Waals surface area contributed by atoms with E-state index in [0.29, 0.717) is 48.1 Å². The van der Waals surface area contributed by atoms with Crippen LogP contribution in [0.3, 0.4) is 0 Å². The van der Waals surface area contributed by atoms with Crippen molar-refractivity contribution in [3.63, 3.8) is 0 Å². The predicted octanol–water partition coefficient (Wildman–Crippen LogP) is 5.51. The van der Waals surface area contributed by atoms with E-state index in [1.165, 1.54) is 7.11 Å². The second-order valence-corrected chi connectivity index (χ2v) is 10.3. The lowest BCUT2D eigenvalue weighted by atomic mass is 10.1. The number of ether oxygens (including phenoxy) is 1. The van der Waals surface area contributed by atoms with E-state index in [4.69, 9.17) is 28.6 Å². The molecule has 0 atom stereocenters. The third-order valence-electron chi connectivity index (χ3n) is 6.07. The maximum atomic E-state index is 13.0. The predicted molar refractivity (Wildman–Crippen MR) is 155 cm³/mol. The van der Waals surface area contributed by atoms with Crippen LogP contribution in [0.5, 0.6) is 5.75 Å². The fourth-order valence-corrected chi connectivity index (χ4v) is 5.18. The van der Waals surface area contributed by atoms with Crippen molar-refractivity contribution < 1.29 is 14.3 Å². The van der Waals surface area contributed by atoms with Crippen LogP contribution in [0.25, 0.3) is 0 Å². The van der Waals surface area contributed by atoms with E-state index in [9.17, 15) is 9.59 Å². The Balaban J connectivity index is 1.41. The average Bonchev–Trinajstić information content (AvgIpc) is 2.88. The topological polar surface area (TPSA) is 73.9 Å². The quantitative estimate of drug-likeness (QED) is 0.376. The van der Waals surface area contributed by atoms with Gasteiger partial charge in [0.2, 0.25) is 0 Å². The molecule has 0 spiro atoms. The number of halogens is 2. The summed E-state index contributed by atoms with van der Waals surface area (Å²) in [6, 6.07) is 18.3. The summed E-state index contributed by atoms with van der Waals surface area (Å²) in [5.41, 5.74) is 3.54. The molecule has 0 saturated carbocycles. The van der Waals surface area contributed by atoms with E-state index in [2.05, 4.69) is 31.5 Å². The van der Waals surface area contributed by atoms with Gasteiger partial charge in [-0.25, -0.2) is 0 Å². The second kappa shape index (κ2) is 11.9. The molecule has 1 fully saturated rings. The van der Waals surface area contributed by atoms with Crippen molar-refractivity contribution in [3.8, 4) is 5.75 Å². The zero-order valence-electron chi connectivity index (χ0n) is 20.4. The lowest BCUT2D eigenvalue weighted by molar-refractivity contribution is 0.0746. The number of nitrogens with one attached hydrogen (secondary N) is 2. The minimum Gasteiger partial charge on any atom is -0.496 e. The molecule has 2 N–H and O–H groups in total. The minimum absolute atomic E-state index is 0.00942. The highest BCUT2D eigenvalue weighted by Crippen LogP contribution is 2.29. The van der Waals surface area contributed by atoms with Gasteiger partial charge in [0.05, 0.1) is 24.0 Å². The van der Waals surface area contributed by atoms with E-state index in [1.807, 2.05) is 42.2 Å². The van der Waals surface area contributed by atoms with E-state index in [-0.39, 0.29) is 16.9 Å². The number of rotatable bonds is 5. The Kier molecular flexibility index (Phi) is 8.68. The van der Waals surface area contributed by atoms with Crippen LogP contribution >= 0.6 is 39.7 Å². The third-order valence-corrected chi connectivity index (χ3v) is 6.98. The van der Waals surface area contributed by atoms with Gasteiger partial charge in [0, 0.05) is 41.2 Å². The van der Waals surface area contributed by atoms with Crippen LogP contribution in [-0.2, 0) is 0 Å². The number of thiocarbonyl (C=S) groups is 1. The summed E-state index contributed by atoms with van der Waals surface area (Å²) in [7, 11) is 1.53. The van der Waals surface area contributed by atoms with Crippen LogP contribution in [0.4, 0.5) is 11.4 Å². The molecular formula is C27H26BrClN4O3S. The fraction of sp³-hybridized carbons (Fsp3) is 0.222. The first kappa shape index (κ1) is 26.9. The minimum atomic E-state index is -0.370. The van der Waals surface area contributed by atoms with Gasteiger partial charge < -0.3 is 19.9 Å². The number of para-hydroxylation sites is 2. The largest absolute Gasteiger partial charge is 0.496 e. The average molecular weight is 602 g/mol. The van der Waals surface area contributed by atoms with Crippen molar-refractivity contribution >= 4 is 68.1 Å². The molecule has 0 bridgehead atoms. The molecule has 0 unspecified atom stereocenters. The summed E-state index contributed by atoms with van der Waals surface area (Å²) in [4.78, 5) is 29.8. The van der Waals surface area contributed by atoms with Crippen LogP contribution in [0, 0.1) is 6.92 Å². The molecule has 3 aromatic rings. The van der Waals surface area contributed by atoms with Crippen LogP contribution < -0.4 is 20.3 Å². The molecular weight excluding hydrogens is 576 g/mol. The van der Waals surface area contributed by atoms with Gasteiger partial charge in [-0.15, -0.1) is 0 Å². The first-order valence-electron chi connectivity index (χ1n) is 11.6. The van der Waals surface area contributed by atoms with Crippen molar-refractivity contribution in [3.05, 3.63) is 86.8 Å². The highest BCUT2D eigenvalue weighted by molar-refractivity contribution is 9.10. The normalized spacial score (nSPS) is 13.2. The number of anilines is 2. The molecule has 37 heavy (non-hydrogen) atoms. The standard InChI is InChI=1S/C27H26BrClN4O3S/c1-17-15-19(28)16-21(24(17)36-2)25(34)31-27(37)30-22-5-3-4-6-23(22)32-11-13-33(14-12-32)26(35)18-7-9-20(29)10-8-18/h3-10,15-16H,11-14H2,1-2H3,(H2,30,31,34,37). The van der Waals surface area contributed by atoms with Gasteiger partial charge in [-0.3, -0.25) is 14.9 Å². The summed E-state index contributed by atoms with van der Waals surface area (Å²) in [5.74, 6) is 0.116. The number of hydrogen-bond acceptors (Lipinski definition) is 5. The molecule has 0 aliphatic carbocycles. The summed E-state index contributed by atoms with van der Waals surface area (Å²) >= 11 is 14.8. The number of carbonyl (C=O) groups excluding carboxylic acids is 2. The Morgan fingerprint density at radius 1 is 1.03 bits per heavy atom. The van der Waals surface area contributed by atoms with Gasteiger partial charge in [-0.05, 0) is 73.2 Å². The lowest BCUT2D eigenvalue weighted by Gasteiger charge is -2.37. The second-order valence-electron chi connectivity index (χ2n) is 8.52. The Labute approximate surface area is 234 Å². The van der Waals surface area contributed by atoms with Crippen molar-refractivity contribution in [2.75, 3.05) is 43.5 Å². The van der Waals surface area contributed by atoms with Crippen LogP contribution in [0.15, 0.2) is 65.1 Å². The zero-order valence-corrected chi connectivity index (χ0v) is 23.5. The third kappa shape index (κ3) is 6.41. The zero-order chi connectivity index (χ0) is 26.5. The highest BCUT2D eigenvalue weighted by atomic mass is 79.9. The molecule has 0 aromatic heterocycles. The molecule has 1 saturated heterocycles. The maximum Gasteiger partial charge on any atom is 0.261 e. The number of hydrogen-bond donors (Lipinski definition) is 2. The summed E-state index contributed by atoms with van der Waals surface area (Å²) in [6.45, 7) is 4.35. The highest BCUT2D eigenvalue weighted by Gasteiger charge is 2.24. The molecule has 2 amide bonds. The SMILES string of the molecule is COc1c(C)cc(Br)cc1C(=O)NC(=S)Nc1ccccc1N1CCN(C(=O)c2ccc(Cl)cc2)CC1. The molecule has 192 valence electrons.